The van der Waals surface area contributed by atoms with Crippen molar-refractivity contribution in [2.24, 2.45) is 5.41 Å². The highest BCUT2D eigenvalue weighted by molar-refractivity contribution is 9.10. The zero-order valence-corrected chi connectivity index (χ0v) is 11.1. The van der Waals surface area contributed by atoms with Crippen LogP contribution in [0.15, 0.2) is 22.8 Å². The van der Waals surface area contributed by atoms with E-state index in [9.17, 15) is 10.2 Å². The van der Waals surface area contributed by atoms with Crippen molar-refractivity contribution in [2.75, 3.05) is 13.2 Å². The number of hydrogen-bond donors (Lipinski definition) is 2. The second-order valence-corrected chi connectivity index (χ2v) is 5.13. The Labute approximate surface area is 105 Å². The third-order valence-electron chi connectivity index (χ3n) is 2.80. The lowest BCUT2D eigenvalue weighted by atomic mass is 9.80. The fraction of sp³-hybridized carbons (Fsp3) is 0.583. The summed E-state index contributed by atoms with van der Waals surface area (Å²) in [5, 5.41) is 18.9. The van der Waals surface area contributed by atoms with Gasteiger partial charge in [-0.05, 0) is 40.9 Å². The first kappa shape index (κ1) is 13.6. The Morgan fingerprint density at radius 3 is 2.44 bits per heavy atom. The Balaban J connectivity index is 2.78. The Morgan fingerprint density at radius 2 is 2.00 bits per heavy atom. The van der Waals surface area contributed by atoms with Crippen molar-refractivity contribution < 1.29 is 10.2 Å². The number of halogens is 1. The normalized spacial score (nSPS) is 11.8. The molecule has 0 bridgehead atoms. The highest BCUT2D eigenvalue weighted by atomic mass is 79.9. The van der Waals surface area contributed by atoms with E-state index in [-0.39, 0.29) is 13.2 Å². The molecule has 90 valence electrons. The Bertz CT molecular complexity index is 309. The maximum atomic E-state index is 9.43. The highest BCUT2D eigenvalue weighted by Gasteiger charge is 2.28. The van der Waals surface area contributed by atoms with Crippen LogP contribution in [0.4, 0.5) is 0 Å². The van der Waals surface area contributed by atoms with Crippen molar-refractivity contribution in [3.8, 4) is 0 Å². The molecule has 0 unspecified atom stereocenters. The van der Waals surface area contributed by atoms with Crippen LogP contribution < -0.4 is 0 Å². The van der Waals surface area contributed by atoms with Gasteiger partial charge in [0.2, 0.25) is 0 Å². The first-order valence-corrected chi connectivity index (χ1v) is 6.27. The number of hydrogen-bond acceptors (Lipinski definition) is 3. The zero-order valence-electron chi connectivity index (χ0n) is 9.49. The maximum absolute atomic E-state index is 9.43. The van der Waals surface area contributed by atoms with Crippen LogP contribution in [0.2, 0.25) is 0 Å². The summed E-state index contributed by atoms with van der Waals surface area (Å²) < 4.78 is 0.935. The molecule has 1 aromatic rings. The van der Waals surface area contributed by atoms with Crippen molar-refractivity contribution in [1.82, 2.24) is 4.98 Å². The third-order valence-corrected chi connectivity index (χ3v) is 3.26. The van der Waals surface area contributed by atoms with Gasteiger partial charge in [0.05, 0.1) is 13.2 Å². The molecule has 0 aliphatic heterocycles. The molecule has 0 amide bonds. The summed E-state index contributed by atoms with van der Waals surface area (Å²) in [6.45, 7) is 2.04. The van der Waals surface area contributed by atoms with Crippen LogP contribution in [0.3, 0.4) is 0 Å². The van der Waals surface area contributed by atoms with E-state index in [2.05, 4.69) is 27.8 Å². The summed E-state index contributed by atoms with van der Waals surface area (Å²) in [5.41, 5.74) is 0.468. The van der Waals surface area contributed by atoms with Gasteiger partial charge < -0.3 is 10.2 Å². The van der Waals surface area contributed by atoms with E-state index in [1.54, 1.807) is 6.20 Å². The number of aliphatic hydroxyl groups excluding tert-OH is 2. The molecule has 2 N–H and O–H groups in total. The van der Waals surface area contributed by atoms with Gasteiger partial charge in [0.25, 0.3) is 0 Å². The number of nitrogens with zero attached hydrogens (tertiary/aromatic N) is 1. The molecule has 0 aromatic carbocycles. The summed E-state index contributed by atoms with van der Waals surface area (Å²) in [7, 11) is 0. The topological polar surface area (TPSA) is 53.4 Å². The molecule has 1 rings (SSSR count). The quantitative estimate of drug-likeness (QED) is 0.843. The predicted molar refractivity (Wildman–Crippen MR) is 67.2 cm³/mol. The zero-order chi connectivity index (χ0) is 12.0. The van der Waals surface area contributed by atoms with E-state index < -0.39 is 5.41 Å². The minimum Gasteiger partial charge on any atom is -0.396 e. The van der Waals surface area contributed by atoms with E-state index >= 15 is 0 Å². The van der Waals surface area contributed by atoms with Crippen molar-refractivity contribution in [3.05, 3.63) is 28.5 Å². The van der Waals surface area contributed by atoms with E-state index in [1.165, 1.54) is 0 Å². The second-order valence-electron chi connectivity index (χ2n) is 4.21. The summed E-state index contributed by atoms with van der Waals surface area (Å²) in [6, 6.07) is 3.84. The van der Waals surface area contributed by atoms with E-state index in [0.717, 1.165) is 23.0 Å². The number of rotatable bonds is 6. The number of aromatic nitrogens is 1. The molecule has 0 saturated carbocycles. The standard InChI is InChI=1S/C12H18BrNO2/c1-2-5-12(8-15,9-16)6-11-4-3-10(13)7-14-11/h3-4,7,15-16H,2,5-6,8-9H2,1H3. The van der Waals surface area contributed by atoms with E-state index in [4.69, 9.17) is 0 Å². The van der Waals surface area contributed by atoms with Crippen LogP contribution in [-0.4, -0.2) is 28.4 Å². The van der Waals surface area contributed by atoms with E-state index in [1.807, 2.05) is 12.1 Å². The van der Waals surface area contributed by atoms with Crippen molar-refractivity contribution >= 4 is 15.9 Å². The molecule has 1 aromatic heterocycles. The smallest absolute Gasteiger partial charge is 0.0513 e. The maximum Gasteiger partial charge on any atom is 0.0513 e. The van der Waals surface area contributed by atoms with Crippen LogP contribution in [0.1, 0.15) is 25.5 Å². The first-order valence-electron chi connectivity index (χ1n) is 5.48. The number of pyridine rings is 1. The van der Waals surface area contributed by atoms with Crippen molar-refractivity contribution in [2.45, 2.75) is 26.2 Å². The molecule has 0 aliphatic rings. The molecule has 0 fully saturated rings. The number of aliphatic hydroxyl groups is 2. The molecule has 16 heavy (non-hydrogen) atoms. The average Bonchev–Trinajstić information content (AvgIpc) is 2.31. The fourth-order valence-corrected chi connectivity index (χ4v) is 2.07. The van der Waals surface area contributed by atoms with Gasteiger partial charge in [-0.25, -0.2) is 0 Å². The highest BCUT2D eigenvalue weighted by Crippen LogP contribution is 2.27. The Hall–Kier alpha value is -0.450. The molecule has 0 atom stereocenters. The van der Waals surface area contributed by atoms with Gasteiger partial charge in [-0.1, -0.05) is 13.3 Å². The van der Waals surface area contributed by atoms with Gasteiger partial charge >= 0.3 is 0 Å². The molecule has 0 saturated heterocycles. The van der Waals surface area contributed by atoms with Gasteiger partial charge in [-0.3, -0.25) is 4.98 Å². The monoisotopic (exact) mass is 287 g/mol. The van der Waals surface area contributed by atoms with Gasteiger partial charge in [0.1, 0.15) is 0 Å². The van der Waals surface area contributed by atoms with Gasteiger partial charge in [-0.2, -0.15) is 0 Å². The van der Waals surface area contributed by atoms with Crippen LogP contribution in [-0.2, 0) is 6.42 Å². The summed E-state index contributed by atoms with van der Waals surface area (Å²) >= 11 is 3.33. The third kappa shape index (κ3) is 3.54. The Kier molecular flexibility index (Phi) is 5.38. The predicted octanol–water partition coefficient (Wildman–Crippen LogP) is 2.16. The molecule has 0 spiro atoms. The average molecular weight is 288 g/mol. The summed E-state index contributed by atoms with van der Waals surface area (Å²) in [4.78, 5) is 4.27. The van der Waals surface area contributed by atoms with E-state index in [0.29, 0.717) is 6.42 Å². The molecule has 1 heterocycles. The van der Waals surface area contributed by atoms with Crippen LogP contribution in [0.25, 0.3) is 0 Å². The SMILES string of the molecule is CCCC(CO)(CO)Cc1ccc(Br)cn1. The van der Waals surface area contributed by atoms with Gasteiger partial charge in [0.15, 0.2) is 0 Å². The Morgan fingerprint density at radius 1 is 1.31 bits per heavy atom. The van der Waals surface area contributed by atoms with Crippen LogP contribution in [0.5, 0.6) is 0 Å². The largest absolute Gasteiger partial charge is 0.396 e. The molecule has 0 radical (unpaired) electrons. The van der Waals surface area contributed by atoms with Crippen molar-refractivity contribution in [1.29, 1.82) is 0 Å². The lowest BCUT2D eigenvalue weighted by molar-refractivity contribution is 0.0458. The van der Waals surface area contributed by atoms with Crippen LogP contribution in [0, 0.1) is 5.41 Å². The minimum absolute atomic E-state index is 0.00488. The first-order chi connectivity index (χ1) is 7.65. The molecule has 0 aliphatic carbocycles. The lowest BCUT2D eigenvalue weighted by Crippen LogP contribution is -2.32. The minimum atomic E-state index is -0.435. The molecular formula is C12H18BrNO2. The molecule has 4 heteroatoms. The lowest BCUT2D eigenvalue weighted by Gasteiger charge is -2.29. The van der Waals surface area contributed by atoms with Gasteiger partial charge in [-0.15, -0.1) is 0 Å². The van der Waals surface area contributed by atoms with Crippen molar-refractivity contribution in [3.63, 3.8) is 0 Å². The second kappa shape index (κ2) is 6.33. The molecule has 3 nitrogen and oxygen atoms in total. The van der Waals surface area contributed by atoms with Gasteiger partial charge in [0, 0.05) is 21.8 Å². The van der Waals surface area contributed by atoms with Crippen LogP contribution >= 0.6 is 15.9 Å². The summed E-state index contributed by atoms with van der Waals surface area (Å²) in [6.07, 6.45) is 4.09. The summed E-state index contributed by atoms with van der Waals surface area (Å²) in [5.74, 6) is 0. The fourth-order valence-electron chi connectivity index (χ4n) is 1.83. The molecular weight excluding hydrogens is 270 g/mol.